The molecule has 0 unspecified atom stereocenters. The van der Waals surface area contributed by atoms with Crippen LogP contribution in [0.2, 0.25) is 0 Å². The molecule has 2 saturated heterocycles. The standard InChI is InChI=1S/C27H36N2O3/c30-19-24-25(21-10-8-20(9-11-21)12-15-27(32)13-1-2-14-27)23-18-28(16-3-4-17-29(23)24)26(31)22-6-5-7-22/h8-11,22-25,30,32H,1-7,13-14,16-19H2/t23-,24+,25-/m0/s1. The van der Waals surface area contributed by atoms with Crippen LogP contribution >= 0.6 is 0 Å². The fourth-order valence-corrected chi connectivity index (χ4v) is 6.12. The third-order valence-electron chi connectivity index (χ3n) is 8.30. The number of nitrogens with zero attached hydrogens (tertiary/aromatic N) is 2. The van der Waals surface area contributed by atoms with E-state index in [1.165, 1.54) is 12.0 Å². The Kier molecular flexibility index (Phi) is 6.29. The molecular weight excluding hydrogens is 400 g/mol. The highest BCUT2D eigenvalue weighted by atomic mass is 16.3. The van der Waals surface area contributed by atoms with E-state index < -0.39 is 5.60 Å². The Hall–Kier alpha value is -1.87. The smallest absolute Gasteiger partial charge is 0.225 e. The molecule has 5 heteroatoms. The molecule has 0 bridgehead atoms. The molecule has 4 aliphatic rings. The largest absolute Gasteiger partial charge is 0.395 e. The topological polar surface area (TPSA) is 64.0 Å². The number of amides is 1. The van der Waals surface area contributed by atoms with Crippen LogP contribution in [0.3, 0.4) is 0 Å². The lowest BCUT2D eigenvalue weighted by atomic mass is 9.74. The Morgan fingerprint density at radius 3 is 2.41 bits per heavy atom. The fraction of sp³-hybridized carbons (Fsp3) is 0.667. The number of aliphatic hydroxyl groups excluding tert-OH is 1. The molecule has 5 rings (SSSR count). The minimum absolute atomic E-state index is 0.120. The maximum absolute atomic E-state index is 13.0. The van der Waals surface area contributed by atoms with Gasteiger partial charge in [0.1, 0.15) is 5.60 Å². The average molecular weight is 437 g/mol. The van der Waals surface area contributed by atoms with Crippen LogP contribution in [-0.4, -0.2) is 69.8 Å². The number of fused-ring (bicyclic) bond motifs is 1. The van der Waals surface area contributed by atoms with Crippen LogP contribution < -0.4 is 0 Å². The van der Waals surface area contributed by atoms with E-state index in [1.807, 2.05) is 12.1 Å². The lowest BCUT2D eigenvalue weighted by Crippen LogP contribution is -2.68. The first-order valence-corrected chi connectivity index (χ1v) is 12.6. The number of benzene rings is 1. The van der Waals surface area contributed by atoms with Gasteiger partial charge in [0.05, 0.1) is 6.61 Å². The van der Waals surface area contributed by atoms with Crippen LogP contribution in [0.4, 0.5) is 0 Å². The monoisotopic (exact) mass is 436 g/mol. The lowest BCUT2D eigenvalue weighted by molar-refractivity contribution is -0.143. The Morgan fingerprint density at radius 1 is 1.03 bits per heavy atom. The van der Waals surface area contributed by atoms with Gasteiger partial charge >= 0.3 is 0 Å². The first-order chi connectivity index (χ1) is 15.6. The summed E-state index contributed by atoms with van der Waals surface area (Å²) < 4.78 is 0. The summed E-state index contributed by atoms with van der Waals surface area (Å²) >= 11 is 0. The normalized spacial score (nSPS) is 30.2. The summed E-state index contributed by atoms with van der Waals surface area (Å²) in [6, 6.07) is 8.73. The van der Waals surface area contributed by atoms with E-state index >= 15 is 0 Å². The van der Waals surface area contributed by atoms with Gasteiger partial charge in [-0.2, -0.15) is 0 Å². The maximum Gasteiger partial charge on any atom is 0.225 e. The van der Waals surface area contributed by atoms with Crippen LogP contribution in [-0.2, 0) is 4.79 Å². The van der Waals surface area contributed by atoms with Crippen molar-refractivity contribution in [1.29, 1.82) is 0 Å². The van der Waals surface area contributed by atoms with Crippen molar-refractivity contribution >= 4 is 5.91 Å². The molecule has 2 aliphatic carbocycles. The SMILES string of the molecule is O=C(C1CCC1)N1CCCCN2[C@H](CO)[C@@H](c3ccc(C#CC4(O)CCCC4)cc3)[C@@H]2C1. The van der Waals surface area contributed by atoms with E-state index in [9.17, 15) is 15.0 Å². The predicted molar refractivity (Wildman–Crippen MR) is 124 cm³/mol. The second-order valence-electron chi connectivity index (χ2n) is 10.3. The van der Waals surface area contributed by atoms with Gasteiger partial charge in [-0.1, -0.05) is 30.4 Å². The zero-order chi connectivity index (χ0) is 22.1. The summed E-state index contributed by atoms with van der Waals surface area (Å²) in [5, 5.41) is 20.6. The second-order valence-corrected chi connectivity index (χ2v) is 10.3. The number of aliphatic hydroxyl groups is 2. The molecule has 3 atom stereocenters. The molecule has 172 valence electrons. The second kappa shape index (κ2) is 9.17. The molecule has 0 radical (unpaired) electrons. The van der Waals surface area contributed by atoms with Crippen molar-refractivity contribution in [2.75, 3.05) is 26.2 Å². The quantitative estimate of drug-likeness (QED) is 0.716. The molecule has 1 amide bonds. The van der Waals surface area contributed by atoms with Gasteiger partial charge in [-0.3, -0.25) is 9.69 Å². The van der Waals surface area contributed by atoms with Crippen molar-refractivity contribution in [3.8, 4) is 11.8 Å². The first-order valence-electron chi connectivity index (χ1n) is 12.6. The molecule has 1 aromatic rings. The maximum atomic E-state index is 13.0. The minimum Gasteiger partial charge on any atom is -0.395 e. The van der Waals surface area contributed by atoms with Crippen molar-refractivity contribution in [1.82, 2.24) is 9.80 Å². The van der Waals surface area contributed by atoms with E-state index in [-0.39, 0.29) is 30.5 Å². The molecule has 2 saturated carbocycles. The van der Waals surface area contributed by atoms with E-state index in [2.05, 4.69) is 33.8 Å². The first kappa shape index (κ1) is 21.9. The Balaban J connectivity index is 1.32. The molecule has 0 aromatic heterocycles. The zero-order valence-electron chi connectivity index (χ0n) is 19.0. The van der Waals surface area contributed by atoms with Gasteiger partial charge in [-0.05, 0) is 75.6 Å². The number of carbonyl (C=O) groups is 1. The number of rotatable bonds is 3. The molecule has 5 nitrogen and oxygen atoms in total. The average Bonchev–Trinajstić information content (AvgIpc) is 3.17. The molecule has 2 aliphatic heterocycles. The van der Waals surface area contributed by atoms with Crippen LogP contribution in [0.5, 0.6) is 0 Å². The van der Waals surface area contributed by atoms with Gasteiger partial charge in [-0.15, -0.1) is 0 Å². The molecule has 2 N–H and O–H groups in total. The third-order valence-corrected chi connectivity index (χ3v) is 8.30. The molecular formula is C27H36N2O3. The number of carbonyl (C=O) groups excluding carboxylic acids is 1. The summed E-state index contributed by atoms with van der Waals surface area (Å²) in [5.41, 5.74) is 1.32. The van der Waals surface area contributed by atoms with Crippen molar-refractivity contribution < 1.29 is 15.0 Å². The van der Waals surface area contributed by atoms with E-state index in [1.54, 1.807) is 0 Å². The highest BCUT2D eigenvalue weighted by molar-refractivity contribution is 5.79. The van der Waals surface area contributed by atoms with Gasteiger partial charge in [0, 0.05) is 42.6 Å². The fourth-order valence-electron chi connectivity index (χ4n) is 6.12. The van der Waals surface area contributed by atoms with E-state index in [4.69, 9.17) is 0 Å². The summed E-state index contributed by atoms with van der Waals surface area (Å²) in [7, 11) is 0. The van der Waals surface area contributed by atoms with Crippen molar-refractivity contribution in [3.63, 3.8) is 0 Å². The number of hydrogen-bond donors (Lipinski definition) is 2. The van der Waals surface area contributed by atoms with E-state index in [0.29, 0.717) is 5.91 Å². The molecule has 2 heterocycles. The predicted octanol–water partition coefficient (Wildman–Crippen LogP) is 2.89. The van der Waals surface area contributed by atoms with Crippen LogP contribution in [0.1, 0.15) is 74.8 Å². The van der Waals surface area contributed by atoms with Crippen molar-refractivity contribution in [2.24, 2.45) is 5.92 Å². The van der Waals surface area contributed by atoms with Crippen LogP contribution in [0, 0.1) is 17.8 Å². The van der Waals surface area contributed by atoms with Crippen molar-refractivity contribution in [3.05, 3.63) is 35.4 Å². The van der Waals surface area contributed by atoms with Crippen molar-refractivity contribution in [2.45, 2.75) is 81.4 Å². The van der Waals surface area contributed by atoms with E-state index in [0.717, 1.165) is 76.6 Å². The molecule has 32 heavy (non-hydrogen) atoms. The van der Waals surface area contributed by atoms with Gasteiger partial charge in [-0.25, -0.2) is 0 Å². The molecule has 4 fully saturated rings. The highest BCUT2D eigenvalue weighted by Crippen LogP contribution is 2.42. The zero-order valence-corrected chi connectivity index (χ0v) is 19.0. The van der Waals surface area contributed by atoms with Gasteiger partial charge < -0.3 is 15.1 Å². The summed E-state index contributed by atoms with van der Waals surface area (Å²) in [5.74, 6) is 7.07. The van der Waals surface area contributed by atoms with Crippen LogP contribution in [0.25, 0.3) is 0 Å². The number of hydrogen-bond acceptors (Lipinski definition) is 4. The highest BCUT2D eigenvalue weighted by Gasteiger charge is 2.49. The summed E-state index contributed by atoms with van der Waals surface area (Å²) in [4.78, 5) is 17.5. The van der Waals surface area contributed by atoms with Crippen LogP contribution in [0.15, 0.2) is 24.3 Å². The van der Waals surface area contributed by atoms with Gasteiger partial charge in [0.2, 0.25) is 5.91 Å². The third kappa shape index (κ3) is 4.21. The van der Waals surface area contributed by atoms with Gasteiger partial charge in [0.15, 0.2) is 0 Å². The minimum atomic E-state index is -0.815. The van der Waals surface area contributed by atoms with Gasteiger partial charge in [0.25, 0.3) is 0 Å². The Morgan fingerprint density at radius 2 is 1.75 bits per heavy atom. The molecule has 0 spiro atoms. The summed E-state index contributed by atoms with van der Waals surface area (Å²) in [6.07, 6.45) is 9.03. The Bertz CT molecular complexity index is 876. The molecule has 1 aromatic carbocycles. The Labute approximate surface area is 191 Å². The summed E-state index contributed by atoms with van der Waals surface area (Å²) in [6.45, 7) is 2.78. The lowest BCUT2D eigenvalue weighted by Gasteiger charge is -2.57.